The monoisotopic (exact) mass is 424 g/mol. The Morgan fingerprint density at radius 1 is 0.844 bits per heavy atom. The maximum Gasteiger partial charge on any atom is 0.250 e. The summed E-state index contributed by atoms with van der Waals surface area (Å²) in [7, 11) is 0. The molecule has 160 valence electrons. The molecule has 0 N–H and O–H groups in total. The van der Waals surface area contributed by atoms with E-state index < -0.39 is 0 Å². The van der Waals surface area contributed by atoms with Crippen molar-refractivity contribution in [3.05, 3.63) is 106 Å². The summed E-state index contributed by atoms with van der Waals surface area (Å²) in [5, 5.41) is 2.44. The summed E-state index contributed by atoms with van der Waals surface area (Å²) in [4.78, 5) is 15.3. The molecule has 0 saturated carbocycles. The number of hydrogen-bond acceptors (Lipinski definition) is 2. The third kappa shape index (κ3) is 3.45. The molecule has 32 heavy (non-hydrogen) atoms. The Bertz CT molecular complexity index is 1360. The van der Waals surface area contributed by atoms with Crippen LogP contribution >= 0.6 is 0 Å². The molecule has 0 spiro atoms. The lowest BCUT2D eigenvalue weighted by molar-refractivity contribution is 0.114. The van der Waals surface area contributed by atoms with Crippen molar-refractivity contribution in [1.29, 1.82) is 0 Å². The van der Waals surface area contributed by atoms with E-state index in [1.807, 2.05) is 22.8 Å². The van der Waals surface area contributed by atoms with Crippen LogP contribution in [0, 0.1) is 11.7 Å². The van der Waals surface area contributed by atoms with E-state index >= 15 is 0 Å². The molecule has 2 aliphatic rings. The number of halogens is 1. The largest absolute Gasteiger partial charge is 0.311 e. The molecule has 1 saturated heterocycles. The quantitative estimate of drug-likeness (QED) is 0.438. The minimum atomic E-state index is -0.197. The van der Waals surface area contributed by atoms with Gasteiger partial charge < -0.3 is 4.57 Å². The molecule has 4 aromatic rings. The van der Waals surface area contributed by atoms with E-state index in [9.17, 15) is 9.18 Å². The highest BCUT2D eigenvalue weighted by Crippen LogP contribution is 2.40. The van der Waals surface area contributed by atoms with Gasteiger partial charge in [0.25, 0.3) is 5.56 Å². The van der Waals surface area contributed by atoms with Crippen LogP contribution in [0.5, 0.6) is 0 Å². The van der Waals surface area contributed by atoms with Crippen molar-refractivity contribution in [2.45, 2.75) is 25.4 Å². The molecule has 0 aliphatic carbocycles. The molecule has 1 aromatic heterocycles. The van der Waals surface area contributed by atoms with Crippen molar-refractivity contribution in [3.8, 4) is 11.1 Å². The van der Waals surface area contributed by atoms with E-state index in [0.717, 1.165) is 38.2 Å². The Labute approximate surface area is 186 Å². The van der Waals surface area contributed by atoms with Crippen LogP contribution < -0.4 is 5.56 Å². The summed E-state index contributed by atoms with van der Waals surface area (Å²) in [6.45, 7) is 3.47. The zero-order valence-corrected chi connectivity index (χ0v) is 17.9. The number of rotatable bonds is 3. The maximum atomic E-state index is 13.3. The van der Waals surface area contributed by atoms with Gasteiger partial charge in [0.2, 0.25) is 0 Å². The number of pyridine rings is 1. The Morgan fingerprint density at radius 3 is 2.50 bits per heavy atom. The first-order valence-corrected chi connectivity index (χ1v) is 11.3. The zero-order chi connectivity index (χ0) is 21.7. The lowest BCUT2D eigenvalue weighted by atomic mass is 9.80. The van der Waals surface area contributed by atoms with E-state index in [4.69, 9.17) is 0 Å². The molecular formula is C28H25FN2O. The third-order valence-electron chi connectivity index (χ3n) is 7.05. The molecule has 1 fully saturated rings. The minimum Gasteiger partial charge on any atom is -0.311 e. The number of hydrogen-bond donors (Lipinski definition) is 0. The molecule has 6 rings (SSSR count). The highest BCUT2D eigenvalue weighted by molar-refractivity contribution is 5.87. The first kappa shape index (κ1) is 19.4. The van der Waals surface area contributed by atoms with Crippen molar-refractivity contribution >= 4 is 10.8 Å². The van der Waals surface area contributed by atoms with Crippen molar-refractivity contribution in [3.63, 3.8) is 0 Å². The number of fused-ring (bicyclic) bond motifs is 5. The van der Waals surface area contributed by atoms with Crippen LogP contribution in [0.2, 0.25) is 0 Å². The van der Waals surface area contributed by atoms with Crippen molar-refractivity contribution < 1.29 is 4.39 Å². The Hall–Kier alpha value is -3.24. The second kappa shape index (κ2) is 7.72. The summed E-state index contributed by atoms with van der Waals surface area (Å²) >= 11 is 0. The maximum absolute atomic E-state index is 13.3. The number of aromatic nitrogens is 1. The van der Waals surface area contributed by atoms with Crippen LogP contribution in [0.15, 0.2) is 83.7 Å². The number of benzene rings is 3. The van der Waals surface area contributed by atoms with Gasteiger partial charge in [0, 0.05) is 49.4 Å². The standard InChI is InChI=1S/C28H25FN2O/c29-25-9-5-19(6-10-25)15-30-16-20-13-24(18-30)28-26(11-12-27(32)31(28)17-20)23-8-7-21-3-1-2-4-22(21)14-23/h1-12,14,20,24H,13,15-18H2/t20-,24-/m0/s1. The van der Waals surface area contributed by atoms with Crippen molar-refractivity contribution in [2.75, 3.05) is 13.1 Å². The average molecular weight is 425 g/mol. The summed E-state index contributed by atoms with van der Waals surface area (Å²) in [6.07, 6.45) is 1.12. The summed E-state index contributed by atoms with van der Waals surface area (Å²) in [5.41, 5.74) is 4.75. The van der Waals surface area contributed by atoms with Gasteiger partial charge in [-0.3, -0.25) is 9.69 Å². The van der Waals surface area contributed by atoms with Gasteiger partial charge in [-0.15, -0.1) is 0 Å². The van der Waals surface area contributed by atoms with Crippen molar-refractivity contribution in [2.24, 2.45) is 5.92 Å². The molecule has 2 atom stereocenters. The fourth-order valence-corrected chi connectivity index (χ4v) is 5.69. The molecule has 4 heteroatoms. The normalized spacial score (nSPS) is 20.3. The van der Waals surface area contributed by atoms with Crippen molar-refractivity contribution in [1.82, 2.24) is 9.47 Å². The van der Waals surface area contributed by atoms with Gasteiger partial charge in [-0.05, 0) is 58.5 Å². The van der Waals surface area contributed by atoms with Crippen LogP contribution in [-0.2, 0) is 13.1 Å². The Kier molecular flexibility index (Phi) is 4.69. The molecular weight excluding hydrogens is 399 g/mol. The van der Waals surface area contributed by atoms with Crippen LogP contribution in [0.3, 0.4) is 0 Å². The van der Waals surface area contributed by atoms with Crippen LogP contribution in [0.4, 0.5) is 4.39 Å². The third-order valence-corrected chi connectivity index (χ3v) is 7.05. The lowest BCUT2D eigenvalue weighted by Crippen LogP contribution is -2.47. The number of piperidine rings is 1. The summed E-state index contributed by atoms with van der Waals surface area (Å²) < 4.78 is 15.3. The highest BCUT2D eigenvalue weighted by atomic mass is 19.1. The van der Waals surface area contributed by atoms with Crippen LogP contribution in [-0.4, -0.2) is 22.6 Å². The minimum absolute atomic E-state index is 0.103. The van der Waals surface area contributed by atoms with E-state index in [1.54, 1.807) is 6.07 Å². The van der Waals surface area contributed by atoms with Gasteiger partial charge in [-0.1, -0.05) is 48.5 Å². The molecule has 3 nitrogen and oxygen atoms in total. The topological polar surface area (TPSA) is 25.2 Å². The molecule has 2 aliphatic heterocycles. The van der Waals surface area contributed by atoms with E-state index in [1.165, 1.54) is 39.7 Å². The van der Waals surface area contributed by atoms with Gasteiger partial charge in [0.05, 0.1) is 0 Å². The summed E-state index contributed by atoms with van der Waals surface area (Å²) in [5.74, 6) is 0.585. The zero-order valence-electron chi connectivity index (χ0n) is 17.9. The second-order valence-electron chi connectivity index (χ2n) is 9.26. The SMILES string of the molecule is O=c1ccc(-c2ccc3ccccc3c2)c2n1C[C@H]1C[C@H]2CN(Cc2ccc(F)cc2)C1. The van der Waals surface area contributed by atoms with Gasteiger partial charge in [0.1, 0.15) is 5.82 Å². The first-order chi connectivity index (χ1) is 15.6. The molecule has 3 aromatic carbocycles. The molecule has 0 amide bonds. The Balaban J connectivity index is 1.38. The Morgan fingerprint density at radius 2 is 1.66 bits per heavy atom. The summed E-state index contributed by atoms with van der Waals surface area (Å²) in [6, 6.07) is 25.5. The van der Waals surface area contributed by atoms with Gasteiger partial charge in [-0.2, -0.15) is 0 Å². The fraction of sp³-hybridized carbons (Fsp3) is 0.250. The highest BCUT2D eigenvalue weighted by Gasteiger charge is 2.36. The predicted molar refractivity (Wildman–Crippen MR) is 126 cm³/mol. The van der Waals surface area contributed by atoms with Crippen LogP contribution in [0.1, 0.15) is 23.6 Å². The van der Waals surface area contributed by atoms with E-state index in [2.05, 4.69) is 47.4 Å². The molecule has 3 heterocycles. The molecule has 0 unspecified atom stereocenters. The number of likely N-dealkylation sites (tertiary alicyclic amines) is 1. The van der Waals surface area contributed by atoms with Gasteiger partial charge in [-0.25, -0.2) is 4.39 Å². The lowest BCUT2D eigenvalue weighted by Gasteiger charge is -2.43. The van der Waals surface area contributed by atoms with Gasteiger partial charge >= 0.3 is 0 Å². The second-order valence-corrected chi connectivity index (χ2v) is 9.26. The number of nitrogens with zero attached hydrogens (tertiary/aromatic N) is 2. The smallest absolute Gasteiger partial charge is 0.250 e. The van der Waals surface area contributed by atoms with E-state index in [0.29, 0.717) is 11.8 Å². The molecule has 0 radical (unpaired) electrons. The predicted octanol–water partition coefficient (Wildman–Crippen LogP) is 5.43. The first-order valence-electron chi connectivity index (χ1n) is 11.3. The average Bonchev–Trinajstić information content (AvgIpc) is 2.81. The van der Waals surface area contributed by atoms with E-state index in [-0.39, 0.29) is 11.4 Å². The fourth-order valence-electron chi connectivity index (χ4n) is 5.69. The molecule has 2 bridgehead atoms. The van der Waals surface area contributed by atoms with Gasteiger partial charge in [0.15, 0.2) is 0 Å². The van der Waals surface area contributed by atoms with Crippen LogP contribution in [0.25, 0.3) is 21.9 Å².